The largest absolute Gasteiger partial charge is 0.478 e. The third-order valence-corrected chi connectivity index (χ3v) is 3.97. The Labute approximate surface area is 124 Å². The number of aromatic carboxylic acids is 1. The number of nitrogens with two attached hydrogens (primary N) is 1. The van der Waals surface area contributed by atoms with E-state index in [9.17, 15) is 9.59 Å². The molecule has 2 unspecified atom stereocenters. The van der Waals surface area contributed by atoms with Crippen LogP contribution in [0.4, 0.5) is 0 Å². The number of amides is 1. The number of carbonyl (C=O) groups excluding carboxylic acids is 1. The molecule has 1 aromatic rings. The first-order chi connectivity index (χ1) is 10.1. The van der Waals surface area contributed by atoms with Crippen LogP contribution in [0.1, 0.15) is 41.6 Å². The molecule has 0 aromatic heterocycles. The topological polar surface area (TPSA) is 92.4 Å². The molecular formula is C16H22N2O3. The standard InChI is InChI=1S/C16H22N2O3/c17-14-6-2-4-12(10-14)15(19)18-8-7-11-3-1-5-13(9-11)16(20)21/h1,3,5,9,12,14H,2,4,6-8,10,17H2,(H,18,19)(H,20,21). The molecule has 0 radical (unpaired) electrons. The third kappa shape index (κ3) is 4.56. The molecule has 21 heavy (non-hydrogen) atoms. The van der Waals surface area contributed by atoms with Gasteiger partial charge in [-0.2, -0.15) is 0 Å². The fourth-order valence-corrected chi connectivity index (χ4v) is 2.80. The number of carboxylic acid groups (broad SMARTS) is 1. The molecule has 114 valence electrons. The van der Waals surface area contributed by atoms with E-state index >= 15 is 0 Å². The smallest absolute Gasteiger partial charge is 0.335 e. The summed E-state index contributed by atoms with van der Waals surface area (Å²) < 4.78 is 0. The molecule has 1 aromatic carbocycles. The van der Waals surface area contributed by atoms with Crippen molar-refractivity contribution in [2.24, 2.45) is 11.7 Å². The molecule has 0 heterocycles. The van der Waals surface area contributed by atoms with Crippen LogP contribution in [0.3, 0.4) is 0 Å². The molecule has 0 spiro atoms. The highest BCUT2D eigenvalue weighted by molar-refractivity contribution is 5.87. The number of benzene rings is 1. The summed E-state index contributed by atoms with van der Waals surface area (Å²) in [6.07, 6.45) is 4.33. The van der Waals surface area contributed by atoms with Gasteiger partial charge < -0.3 is 16.2 Å². The Morgan fingerprint density at radius 2 is 2.14 bits per heavy atom. The van der Waals surface area contributed by atoms with E-state index in [4.69, 9.17) is 10.8 Å². The molecule has 1 aliphatic rings. The fourth-order valence-electron chi connectivity index (χ4n) is 2.80. The predicted molar refractivity (Wildman–Crippen MR) is 80.0 cm³/mol. The first-order valence-electron chi connectivity index (χ1n) is 7.42. The van der Waals surface area contributed by atoms with E-state index < -0.39 is 5.97 Å². The number of nitrogens with one attached hydrogen (secondary N) is 1. The van der Waals surface area contributed by atoms with Crippen LogP contribution >= 0.6 is 0 Å². The van der Waals surface area contributed by atoms with Gasteiger partial charge in [-0.3, -0.25) is 4.79 Å². The minimum Gasteiger partial charge on any atom is -0.478 e. The molecule has 1 saturated carbocycles. The number of carbonyl (C=O) groups is 2. The Balaban J connectivity index is 1.79. The molecule has 5 nitrogen and oxygen atoms in total. The van der Waals surface area contributed by atoms with Gasteiger partial charge in [-0.1, -0.05) is 18.6 Å². The zero-order valence-electron chi connectivity index (χ0n) is 12.0. The number of hydrogen-bond acceptors (Lipinski definition) is 3. The summed E-state index contributed by atoms with van der Waals surface area (Å²) in [5, 5.41) is 11.9. The Hall–Kier alpha value is -1.88. The summed E-state index contributed by atoms with van der Waals surface area (Å²) in [6, 6.07) is 6.94. The van der Waals surface area contributed by atoms with Crippen molar-refractivity contribution in [3.05, 3.63) is 35.4 Å². The van der Waals surface area contributed by atoms with Crippen molar-refractivity contribution in [3.8, 4) is 0 Å². The van der Waals surface area contributed by atoms with Gasteiger partial charge in [-0.05, 0) is 43.4 Å². The number of carboxylic acids is 1. The van der Waals surface area contributed by atoms with Crippen LogP contribution in [0.2, 0.25) is 0 Å². The maximum Gasteiger partial charge on any atom is 0.335 e. The highest BCUT2D eigenvalue weighted by atomic mass is 16.4. The van der Waals surface area contributed by atoms with Crippen molar-refractivity contribution in [2.75, 3.05) is 6.54 Å². The lowest BCUT2D eigenvalue weighted by Gasteiger charge is -2.25. The lowest BCUT2D eigenvalue weighted by atomic mass is 9.85. The van der Waals surface area contributed by atoms with Crippen LogP contribution < -0.4 is 11.1 Å². The Bertz CT molecular complexity index is 516. The minimum absolute atomic E-state index is 0.0269. The molecule has 0 aliphatic heterocycles. The average molecular weight is 290 g/mol. The summed E-state index contributed by atoms with van der Waals surface area (Å²) in [4.78, 5) is 22.9. The van der Waals surface area contributed by atoms with Crippen molar-refractivity contribution in [3.63, 3.8) is 0 Å². The molecule has 1 amide bonds. The van der Waals surface area contributed by atoms with Gasteiger partial charge in [0.05, 0.1) is 5.56 Å². The first kappa shape index (κ1) is 15.5. The van der Waals surface area contributed by atoms with E-state index in [1.165, 1.54) is 0 Å². The summed E-state index contributed by atoms with van der Waals surface area (Å²) in [5.41, 5.74) is 7.08. The van der Waals surface area contributed by atoms with E-state index in [-0.39, 0.29) is 23.4 Å². The summed E-state index contributed by atoms with van der Waals surface area (Å²) in [6.45, 7) is 0.521. The van der Waals surface area contributed by atoms with Crippen molar-refractivity contribution < 1.29 is 14.7 Å². The second kappa shape index (κ2) is 7.22. The zero-order valence-corrected chi connectivity index (χ0v) is 12.0. The van der Waals surface area contributed by atoms with E-state index in [1.807, 2.05) is 6.07 Å². The SMILES string of the molecule is NC1CCCC(C(=O)NCCc2cccc(C(=O)O)c2)C1. The predicted octanol–water partition coefficient (Wildman–Crippen LogP) is 1.56. The quantitative estimate of drug-likeness (QED) is 0.767. The number of rotatable bonds is 5. The Morgan fingerprint density at radius 3 is 2.86 bits per heavy atom. The summed E-state index contributed by atoms with van der Waals surface area (Å²) in [5.74, 6) is -0.837. The average Bonchev–Trinajstić information content (AvgIpc) is 2.47. The number of hydrogen-bond donors (Lipinski definition) is 3. The molecule has 0 bridgehead atoms. The third-order valence-electron chi connectivity index (χ3n) is 3.97. The Kier molecular flexibility index (Phi) is 5.33. The van der Waals surface area contributed by atoms with Crippen LogP contribution in [-0.2, 0) is 11.2 Å². The molecule has 2 atom stereocenters. The maximum atomic E-state index is 12.0. The Morgan fingerprint density at radius 1 is 1.33 bits per heavy atom. The molecule has 0 saturated heterocycles. The fraction of sp³-hybridized carbons (Fsp3) is 0.500. The highest BCUT2D eigenvalue weighted by Crippen LogP contribution is 2.23. The van der Waals surface area contributed by atoms with Crippen LogP contribution in [0, 0.1) is 5.92 Å². The van der Waals surface area contributed by atoms with Gasteiger partial charge in [-0.15, -0.1) is 0 Å². The van der Waals surface area contributed by atoms with Crippen molar-refractivity contribution in [1.82, 2.24) is 5.32 Å². The summed E-state index contributed by atoms with van der Waals surface area (Å²) >= 11 is 0. The van der Waals surface area contributed by atoms with Crippen LogP contribution in [-0.4, -0.2) is 29.6 Å². The summed E-state index contributed by atoms with van der Waals surface area (Å²) in [7, 11) is 0. The van der Waals surface area contributed by atoms with Gasteiger partial charge in [0.15, 0.2) is 0 Å². The van der Waals surface area contributed by atoms with Gasteiger partial charge in [-0.25, -0.2) is 4.79 Å². The van der Waals surface area contributed by atoms with Crippen LogP contribution in [0.25, 0.3) is 0 Å². The van der Waals surface area contributed by atoms with Gasteiger partial charge in [0.1, 0.15) is 0 Å². The molecule has 2 rings (SSSR count). The lowest BCUT2D eigenvalue weighted by Crippen LogP contribution is -2.38. The van der Waals surface area contributed by atoms with Gasteiger partial charge in [0, 0.05) is 18.5 Å². The van der Waals surface area contributed by atoms with E-state index in [2.05, 4.69) is 5.32 Å². The van der Waals surface area contributed by atoms with E-state index in [0.717, 1.165) is 31.2 Å². The van der Waals surface area contributed by atoms with Gasteiger partial charge in [0.2, 0.25) is 5.91 Å². The highest BCUT2D eigenvalue weighted by Gasteiger charge is 2.24. The second-order valence-electron chi connectivity index (χ2n) is 5.67. The second-order valence-corrected chi connectivity index (χ2v) is 5.67. The van der Waals surface area contributed by atoms with E-state index in [0.29, 0.717) is 13.0 Å². The maximum absolute atomic E-state index is 12.0. The zero-order chi connectivity index (χ0) is 15.2. The lowest BCUT2D eigenvalue weighted by molar-refractivity contribution is -0.126. The van der Waals surface area contributed by atoms with Crippen LogP contribution in [0.15, 0.2) is 24.3 Å². The van der Waals surface area contributed by atoms with Gasteiger partial charge >= 0.3 is 5.97 Å². The minimum atomic E-state index is -0.933. The van der Waals surface area contributed by atoms with Crippen LogP contribution in [0.5, 0.6) is 0 Å². The van der Waals surface area contributed by atoms with Crippen molar-refractivity contribution >= 4 is 11.9 Å². The van der Waals surface area contributed by atoms with Gasteiger partial charge in [0.25, 0.3) is 0 Å². The normalized spacial score (nSPS) is 21.8. The molecular weight excluding hydrogens is 268 g/mol. The van der Waals surface area contributed by atoms with E-state index in [1.54, 1.807) is 18.2 Å². The molecule has 4 N–H and O–H groups in total. The molecule has 1 fully saturated rings. The molecule has 1 aliphatic carbocycles. The monoisotopic (exact) mass is 290 g/mol. The van der Waals surface area contributed by atoms with Crippen molar-refractivity contribution in [2.45, 2.75) is 38.1 Å². The molecule has 5 heteroatoms. The first-order valence-corrected chi connectivity index (χ1v) is 7.42. The van der Waals surface area contributed by atoms with Crippen molar-refractivity contribution in [1.29, 1.82) is 0 Å².